The SMILES string of the molecule is CS(=O)(=O)NC1CCN(C(=O)c2ccncc2)CC1. The lowest BCUT2D eigenvalue weighted by Crippen LogP contribution is -2.46. The molecule has 0 spiro atoms. The van der Waals surface area contributed by atoms with Crippen LogP contribution in [0.3, 0.4) is 0 Å². The predicted molar refractivity (Wildman–Crippen MR) is 71.1 cm³/mol. The van der Waals surface area contributed by atoms with E-state index in [1.165, 1.54) is 0 Å². The Hall–Kier alpha value is -1.47. The molecule has 2 heterocycles. The number of carbonyl (C=O) groups is 1. The van der Waals surface area contributed by atoms with Crippen LogP contribution in [0.15, 0.2) is 24.5 Å². The second-order valence-corrected chi connectivity index (χ2v) is 6.47. The van der Waals surface area contributed by atoms with Crippen LogP contribution in [0.25, 0.3) is 0 Å². The van der Waals surface area contributed by atoms with Crippen molar-refractivity contribution in [3.8, 4) is 0 Å². The molecule has 1 aliphatic heterocycles. The Morgan fingerprint density at radius 3 is 2.42 bits per heavy atom. The third kappa shape index (κ3) is 4.00. The third-order valence-electron chi connectivity index (χ3n) is 3.09. The maximum absolute atomic E-state index is 12.2. The lowest BCUT2D eigenvalue weighted by molar-refractivity contribution is 0.0711. The van der Waals surface area contributed by atoms with Gasteiger partial charge in [-0.05, 0) is 25.0 Å². The van der Waals surface area contributed by atoms with Crippen molar-refractivity contribution < 1.29 is 13.2 Å². The summed E-state index contributed by atoms with van der Waals surface area (Å²) >= 11 is 0. The second kappa shape index (κ2) is 5.66. The van der Waals surface area contributed by atoms with Crippen LogP contribution in [0, 0.1) is 0 Å². The van der Waals surface area contributed by atoms with Gasteiger partial charge in [-0.25, -0.2) is 13.1 Å². The zero-order chi connectivity index (χ0) is 13.9. The van der Waals surface area contributed by atoms with Crippen molar-refractivity contribution >= 4 is 15.9 Å². The van der Waals surface area contributed by atoms with E-state index in [0.717, 1.165) is 6.26 Å². The van der Waals surface area contributed by atoms with Crippen LogP contribution in [0.5, 0.6) is 0 Å². The first kappa shape index (κ1) is 14.0. The number of aromatic nitrogens is 1. The molecule has 1 amide bonds. The van der Waals surface area contributed by atoms with E-state index in [1.54, 1.807) is 29.4 Å². The first-order chi connectivity index (χ1) is 8.96. The summed E-state index contributed by atoms with van der Waals surface area (Å²) in [6, 6.07) is 3.29. The molecule has 1 N–H and O–H groups in total. The number of carbonyl (C=O) groups excluding carboxylic acids is 1. The van der Waals surface area contributed by atoms with Crippen LogP contribution in [0.2, 0.25) is 0 Å². The molecule has 0 aliphatic carbocycles. The Bertz CT molecular complexity index is 537. The monoisotopic (exact) mass is 283 g/mol. The molecule has 0 unspecified atom stereocenters. The van der Waals surface area contributed by atoms with E-state index in [2.05, 4.69) is 9.71 Å². The highest BCUT2D eigenvalue weighted by atomic mass is 32.2. The van der Waals surface area contributed by atoms with Gasteiger partial charge in [0.15, 0.2) is 0 Å². The van der Waals surface area contributed by atoms with Gasteiger partial charge in [-0.1, -0.05) is 0 Å². The molecule has 0 radical (unpaired) electrons. The third-order valence-corrected chi connectivity index (χ3v) is 3.85. The molecule has 1 aromatic rings. The van der Waals surface area contributed by atoms with Gasteiger partial charge in [-0.3, -0.25) is 9.78 Å². The van der Waals surface area contributed by atoms with E-state index in [-0.39, 0.29) is 11.9 Å². The fraction of sp³-hybridized carbons (Fsp3) is 0.500. The number of likely N-dealkylation sites (tertiary alicyclic amines) is 1. The van der Waals surface area contributed by atoms with Crippen LogP contribution in [0.4, 0.5) is 0 Å². The summed E-state index contributed by atoms with van der Waals surface area (Å²) in [4.78, 5) is 17.8. The van der Waals surface area contributed by atoms with Crippen molar-refractivity contribution in [2.24, 2.45) is 0 Å². The predicted octanol–water partition coefficient (Wildman–Crippen LogP) is 0.235. The van der Waals surface area contributed by atoms with Crippen molar-refractivity contribution in [1.82, 2.24) is 14.6 Å². The zero-order valence-electron chi connectivity index (χ0n) is 10.7. The minimum absolute atomic E-state index is 0.0276. The largest absolute Gasteiger partial charge is 0.339 e. The molecule has 7 heteroatoms. The Kier molecular flexibility index (Phi) is 4.16. The minimum Gasteiger partial charge on any atom is -0.339 e. The maximum atomic E-state index is 12.2. The molecule has 1 aliphatic rings. The van der Waals surface area contributed by atoms with Gasteiger partial charge in [0, 0.05) is 37.1 Å². The standard InChI is InChI=1S/C12H17N3O3S/c1-19(17,18)14-11-4-8-15(9-5-11)12(16)10-2-6-13-7-3-10/h2-3,6-7,11,14H,4-5,8-9H2,1H3. The van der Waals surface area contributed by atoms with Crippen LogP contribution in [-0.4, -0.2) is 49.6 Å². The van der Waals surface area contributed by atoms with Crippen molar-refractivity contribution in [3.63, 3.8) is 0 Å². The topological polar surface area (TPSA) is 79.4 Å². The van der Waals surface area contributed by atoms with E-state index >= 15 is 0 Å². The fourth-order valence-corrected chi connectivity index (χ4v) is 3.02. The van der Waals surface area contributed by atoms with Gasteiger partial charge in [-0.15, -0.1) is 0 Å². The number of pyridine rings is 1. The molecular weight excluding hydrogens is 266 g/mol. The van der Waals surface area contributed by atoms with Gasteiger partial charge >= 0.3 is 0 Å². The summed E-state index contributed by atoms with van der Waals surface area (Å²) in [6.45, 7) is 1.13. The van der Waals surface area contributed by atoms with E-state index in [9.17, 15) is 13.2 Å². The molecule has 1 fully saturated rings. The molecule has 1 saturated heterocycles. The van der Waals surface area contributed by atoms with E-state index in [4.69, 9.17) is 0 Å². The quantitative estimate of drug-likeness (QED) is 0.861. The van der Waals surface area contributed by atoms with Gasteiger partial charge in [0.05, 0.1) is 6.26 Å². The Morgan fingerprint density at radius 2 is 1.89 bits per heavy atom. The smallest absolute Gasteiger partial charge is 0.253 e. The van der Waals surface area contributed by atoms with Crippen molar-refractivity contribution in [3.05, 3.63) is 30.1 Å². The van der Waals surface area contributed by atoms with Crippen LogP contribution in [-0.2, 0) is 10.0 Å². The maximum Gasteiger partial charge on any atom is 0.253 e. The Balaban J connectivity index is 1.92. The highest BCUT2D eigenvalue weighted by Crippen LogP contribution is 2.14. The molecule has 104 valence electrons. The second-order valence-electron chi connectivity index (χ2n) is 4.69. The van der Waals surface area contributed by atoms with E-state index in [1.807, 2.05) is 0 Å². The summed E-state index contributed by atoms with van der Waals surface area (Å²) in [7, 11) is -3.18. The molecule has 19 heavy (non-hydrogen) atoms. The summed E-state index contributed by atoms with van der Waals surface area (Å²) < 4.78 is 24.9. The molecule has 6 nitrogen and oxygen atoms in total. The molecule has 0 saturated carbocycles. The van der Waals surface area contributed by atoms with Gasteiger partial charge in [0.2, 0.25) is 10.0 Å². The van der Waals surface area contributed by atoms with Crippen LogP contribution in [0.1, 0.15) is 23.2 Å². The lowest BCUT2D eigenvalue weighted by Gasteiger charge is -2.32. The van der Waals surface area contributed by atoms with Crippen LogP contribution < -0.4 is 4.72 Å². The lowest BCUT2D eigenvalue weighted by atomic mass is 10.1. The van der Waals surface area contributed by atoms with Gasteiger partial charge < -0.3 is 4.90 Å². The summed E-state index contributed by atoms with van der Waals surface area (Å²) in [5.41, 5.74) is 0.615. The number of sulfonamides is 1. The first-order valence-corrected chi connectivity index (χ1v) is 8.01. The van der Waals surface area contributed by atoms with E-state index in [0.29, 0.717) is 31.5 Å². The number of hydrogen-bond donors (Lipinski definition) is 1. The van der Waals surface area contributed by atoms with Crippen LogP contribution >= 0.6 is 0 Å². The Labute approximate surface area is 112 Å². The Morgan fingerprint density at radius 1 is 1.32 bits per heavy atom. The number of nitrogens with zero attached hydrogens (tertiary/aromatic N) is 2. The molecule has 0 aromatic carbocycles. The highest BCUT2D eigenvalue weighted by molar-refractivity contribution is 7.88. The number of hydrogen-bond acceptors (Lipinski definition) is 4. The molecule has 2 rings (SSSR count). The van der Waals surface area contributed by atoms with Crippen molar-refractivity contribution in [2.75, 3.05) is 19.3 Å². The fourth-order valence-electron chi connectivity index (χ4n) is 2.18. The van der Waals surface area contributed by atoms with E-state index < -0.39 is 10.0 Å². The number of amides is 1. The molecule has 0 atom stereocenters. The highest BCUT2D eigenvalue weighted by Gasteiger charge is 2.25. The number of nitrogens with one attached hydrogen (secondary N) is 1. The normalized spacial score (nSPS) is 17.4. The summed E-state index contributed by atoms with van der Waals surface area (Å²) in [5, 5.41) is 0. The average Bonchev–Trinajstić information content (AvgIpc) is 2.38. The summed E-state index contributed by atoms with van der Waals surface area (Å²) in [6.07, 6.45) is 5.62. The van der Waals surface area contributed by atoms with Gasteiger partial charge in [0.25, 0.3) is 5.91 Å². The molecular formula is C12H17N3O3S. The minimum atomic E-state index is -3.18. The molecule has 1 aromatic heterocycles. The zero-order valence-corrected chi connectivity index (χ0v) is 11.6. The number of piperidine rings is 1. The van der Waals surface area contributed by atoms with Crippen molar-refractivity contribution in [1.29, 1.82) is 0 Å². The summed E-state index contributed by atoms with van der Waals surface area (Å²) in [5.74, 6) is -0.0276. The van der Waals surface area contributed by atoms with Gasteiger partial charge in [-0.2, -0.15) is 0 Å². The van der Waals surface area contributed by atoms with Gasteiger partial charge in [0.1, 0.15) is 0 Å². The first-order valence-electron chi connectivity index (χ1n) is 6.12. The number of rotatable bonds is 3. The average molecular weight is 283 g/mol. The molecule has 0 bridgehead atoms. The van der Waals surface area contributed by atoms with Crippen molar-refractivity contribution in [2.45, 2.75) is 18.9 Å².